The summed E-state index contributed by atoms with van der Waals surface area (Å²) in [5.74, 6) is -4.75. The van der Waals surface area contributed by atoms with Gasteiger partial charge in [-0.3, -0.25) is 9.59 Å². The second kappa shape index (κ2) is 27.8. The van der Waals surface area contributed by atoms with Crippen molar-refractivity contribution in [3.63, 3.8) is 0 Å². The van der Waals surface area contributed by atoms with Crippen molar-refractivity contribution in [3.05, 3.63) is 36.5 Å². The quantitative estimate of drug-likeness (QED) is 0.0366. The summed E-state index contributed by atoms with van der Waals surface area (Å²) in [4.78, 5) is 90.5. The van der Waals surface area contributed by atoms with Crippen LogP contribution in [0.4, 0.5) is 26.3 Å². The number of esters is 6. The third kappa shape index (κ3) is 17.0. The van der Waals surface area contributed by atoms with Gasteiger partial charge in [0.05, 0.1) is 17.5 Å². The molecule has 28 heteroatoms. The van der Waals surface area contributed by atoms with Gasteiger partial charge in [0, 0.05) is 40.4 Å². The summed E-state index contributed by atoms with van der Waals surface area (Å²) in [6, 6.07) is 0. The molecular weight excluding hydrogens is 1240 g/mol. The smallest absolute Gasteiger partial charge is 0.547 e. The fourth-order valence-electron chi connectivity index (χ4n) is 15.0. The minimum absolute atomic E-state index is 0. The molecule has 0 radical (unpaired) electrons. The Kier molecular flexibility index (Phi) is 24.2. The van der Waals surface area contributed by atoms with Crippen molar-refractivity contribution in [1.29, 1.82) is 0 Å². The Labute approximate surface area is 538 Å². The number of hydrogen-bond acceptors (Lipinski definition) is 18. The Morgan fingerprint density at radius 3 is 1.03 bits per heavy atom. The monoisotopic (exact) mass is 1320 g/mol. The molecule has 3 N–H and O–H groups in total. The summed E-state index contributed by atoms with van der Waals surface area (Å²) < 4.78 is 105. The Hall–Kier alpha value is -3.49. The predicted octanol–water partition coefficient (Wildman–Crippen LogP) is 5.55. The van der Waals surface area contributed by atoms with Crippen LogP contribution in [-0.4, -0.2) is 138 Å². The van der Waals surface area contributed by atoms with E-state index in [1.54, 1.807) is 27.7 Å². The molecule has 0 heterocycles. The van der Waals surface area contributed by atoms with E-state index in [0.717, 1.165) is 83.5 Å². The van der Waals surface area contributed by atoms with Gasteiger partial charge in [-0.05, 0) is 193 Å². The molecule has 0 amide bonds. The first-order chi connectivity index (χ1) is 39.2. The zero-order valence-corrected chi connectivity index (χ0v) is 54.7. The van der Waals surface area contributed by atoms with Crippen LogP contribution in [0.1, 0.15) is 152 Å². The van der Waals surface area contributed by atoms with E-state index < -0.39 is 81.7 Å². The Morgan fingerprint density at radius 2 is 0.793 bits per heavy atom. The first-order valence-corrected chi connectivity index (χ1v) is 29.7. The fourth-order valence-corrected chi connectivity index (χ4v) is 15.0. The topological polar surface area (TPSA) is 276 Å². The van der Waals surface area contributed by atoms with Crippen LogP contribution in [0, 0.1) is 53.3 Å². The van der Waals surface area contributed by atoms with Gasteiger partial charge in [-0.1, -0.05) is 19.7 Å². The average Bonchev–Trinajstić information content (AvgIpc) is 0.741. The molecule has 12 fully saturated rings. The van der Waals surface area contributed by atoms with Gasteiger partial charge < -0.3 is 53.6 Å². The van der Waals surface area contributed by atoms with Gasteiger partial charge in [0.25, 0.3) is 5.60 Å². The predicted molar refractivity (Wildman–Crippen MR) is 293 cm³/mol. The number of carboxylic acids is 1. The summed E-state index contributed by atoms with van der Waals surface area (Å²) in [7, 11) is 0. The first-order valence-electron chi connectivity index (χ1n) is 28.3. The van der Waals surface area contributed by atoms with Crippen LogP contribution in [0.3, 0.4) is 0 Å². The van der Waals surface area contributed by atoms with E-state index in [1.807, 2.05) is 13.8 Å². The zero-order chi connectivity index (χ0) is 65.5. The van der Waals surface area contributed by atoms with E-state index in [-0.39, 0.29) is 108 Å². The molecule has 12 rings (SSSR count). The van der Waals surface area contributed by atoms with Crippen molar-refractivity contribution >= 4 is 81.8 Å². The number of aliphatic carboxylic acids is 1. The van der Waals surface area contributed by atoms with E-state index in [0.29, 0.717) is 59.2 Å². The fraction of sp³-hybridized carbons (Fsp3) is 0.763. The molecule has 8 unspecified atom stereocenters. The number of carbonyl (C=O) groups is 8. The SMILES string of the molecule is C=C(C)C(=O)OC12CC3CC(C1)C(C)(O)C(C3)C2.C=C(C)C(=O)OC12CC3CC(C1)C(C)(OC(=O)CCl)C(C3)C2.C=C(C)C(=O)OC12CC3CC(C1)C(C)(OC(=O)COC(=O)C(C)(O)C(F)(F)F)C(C3)C2.CC(O)(C(=O)[O-])C(F)(F)F.O=C(Cl)CCl.[Na+]. The standard InChI is InChI=1S/C21H27F3O7.C17H23ClO4.C15H22O3.C4H5F3O3.C2H2Cl2O.Na/c1-11(2)16(26)31-20-7-12-5-13(8-20)18(3,14(6-12)9-20)30-15(25)10-29-17(27)19(4,28)21(22,23)24;1-10(2)15(20)22-17-6-11-4-12(7-17)16(3,13(5-11)8-17)21-14(19)9-18;1-9(2)13(16)18-15-6-10-4-11(7-15)14(3,17)12(5-10)8-15;1-3(10,2(8)9)4(5,6)7;3-1-2(4)5;/h12-14,28H,1,5-10H2,2-4H3;11-13H,1,4-9H2,2-3H3;10-12,17H,1,4-8H2,2-3H3;10H,1H3,(H,8,9);1H2;/q;;;;;+1/p-1. The Balaban J connectivity index is 0.000000255. The normalized spacial score (nSPS) is 36.1. The number of carboxylic acid groups (broad SMARTS) is 1. The summed E-state index contributed by atoms with van der Waals surface area (Å²) in [5, 5.41) is 37.1. The molecule has 486 valence electrons. The molecule has 12 bridgehead atoms. The second-order valence-electron chi connectivity index (χ2n) is 26.3. The molecule has 12 aliphatic carbocycles. The maximum atomic E-state index is 12.7. The maximum Gasteiger partial charge on any atom is 1.00 e. The van der Waals surface area contributed by atoms with E-state index >= 15 is 0 Å². The third-order valence-electron chi connectivity index (χ3n) is 19.4. The Bertz CT molecular complexity index is 2630. The third-order valence-corrected chi connectivity index (χ3v) is 20.1. The zero-order valence-electron chi connectivity index (χ0n) is 50.4. The van der Waals surface area contributed by atoms with Crippen molar-refractivity contribution in [2.24, 2.45) is 53.3 Å². The summed E-state index contributed by atoms with van der Waals surface area (Å²) in [6.07, 6.45) is 2.23. The number of ether oxygens (including phenoxy) is 6. The minimum Gasteiger partial charge on any atom is -0.547 e. The number of alkyl halides is 8. The van der Waals surface area contributed by atoms with Crippen LogP contribution >= 0.6 is 34.8 Å². The molecule has 0 spiro atoms. The van der Waals surface area contributed by atoms with E-state index in [9.17, 15) is 80.0 Å². The summed E-state index contributed by atoms with van der Waals surface area (Å²) >= 11 is 15.2. The van der Waals surface area contributed by atoms with Crippen LogP contribution in [0.2, 0.25) is 0 Å². The molecule has 12 aliphatic rings. The molecular formula is C59H78Cl3F6NaO18. The second-order valence-corrected chi connectivity index (χ2v) is 27.2. The van der Waals surface area contributed by atoms with Gasteiger partial charge in [-0.2, -0.15) is 26.3 Å². The first kappa shape index (κ1) is 76.0. The number of rotatable bonds is 14. The van der Waals surface area contributed by atoms with Gasteiger partial charge in [0.15, 0.2) is 12.2 Å². The van der Waals surface area contributed by atoms with Crippen LogP contribution in [0.25, 0.3) is 0 Å². The molecule has 87 heavy (non-hydrogen) atoms. The summed E-state index contributed by atoms with van der Waals surface area (Å²) in [5.41, 5.74) is -9.54. The van der Waals surface area contributed by atoms with Gasteiger partial charge in [-0.15, -0.1) is 23.2 Å². The minimum atomic E-state index is -5.24. The van der Waals surface area contributed by atoms with Crippen molar-refractivity contribution < 1.29 is 143 Å². The molecule has 0 saturated heterocycles. The van der Waals surface area contributed by atoms with Gasteiger partial charge in [-0.25, -0.2) is 24.0 Å². The summed E-state index contributed by atoms with van der Waals surface area (Å²) in [6.45, 7) is 21.0. The van der Waals surface area contributed by atoms with E-state index in [1.165, 1.54) is 0 Å². The van der Waals surface area contributed by atoms with Crippen LogP contribution in [0.5, 0.6) is 0 Å². The van der Waals surface area contributed by atoms with Gasteiger partial charge >= 0.3 is 77.7 Å². The van der Waals surface area contributed by atoms with Crippen LogP contribution in [-0.2, 0) is 66.8 Å². The van der Waals surface area contributed by atoms with Crippen LogP contribution < -0.4 is 34.7 Å². The van der Waals surface area contributed by atoms with Crippen LogP contribution in [0.15, 0.2) is 36.5 Å². The Morgan fingerprint density at radius 1 is 0.517 bits per heavy atom. The van der Waals surface area contributed by atoms with Crippen molar-refractivity contribution in [2.75, 3.05) is 18.4 Å². The largest absolute Gasteiger partial charge is 1.00 e. The number of hydrogen-bond donors (Lipinski definition) is 3. The molecule has 0 aromatic carbocycles. The van der Waals surface area contributed by atoms with E-state index in [4.69, 9.17) is 63.6 Å². The molecule has 0 aromatic heterocycles. The van der Waals surface area contributed by atoms with Gasteiger partial charge in [0.1, 0.15) is 33.9 Å². The number of halogens is 9. The van der Waals surface area contributed by atoms with E-state index in [2.05, 4.69) is 24.5 Å². The molecule has 12 saturated carbocycles. The number of aliphatic hydroxyl groups is 3. The maximum absolute atomic E-state index is 12.7. The van der Waals surface area contributed by atoms with Crippen molar-refractivity contribution in [2.45, 2.75) is 209 Å². The average molecular weight is 1320 g/mol. The molecule has 0 aliphatic heterocycles. The van der Waals surface area contributed by atoms with Crippen molar-refractivity contribution in [3.8, 4) is 0 Å². The van der Waals surface area contributed by atoms with Gasteiger partial charge in [0.2, 0.25) is 5.24 Å². The van der Waals surface area contributed by atoms with Crippen molar-refractivity contribution in [1.82, 2.24) is 0 Å². The molecule has 8 atom stereocenters. The molecule has 0 aromatic rings. The number of carbonyl (C=O) groups excluding carboxylic acids is 8. The molecule has 18 nitrogen and oxygen atoms in total.